The summed E-state index contributed by atoms with van der Waals surface area (Å²) in [6.07, 6.45) is -4.54. The van der Waals surface area contributed by atoms with Crippen molar-refractivity contribution in [3.05, 3.63) is 29.3 Å². The van der Waals surface area contributed by atoms with Gasteiger partial charge in [-0.1, -0.05) is 13.8 Å². The number of hydrogen-bond acceptors (Lipinski definition) is 1. The topological polar surface area (TPSA) is 9.23 Å². The van der Waals surface area contributed by atoms with Gasteiger partial charge >= 0.3 is 6.18 Å². The SMILES string of the molecule is CC(C)c1c(F)cc(OCC(F)(F)F)cc1F. The Balaban J connectivity index is 2.91. The lowest BCUT2D eigenvalue weighted by molar-refractivity contribution is -0.153. The van der Waals surface area contributed by atoms with E-state index in [4.69, 9.17) is 0 Å². The van der Waals surface area contributed by atoms with Crippen LogP contribution in [0.15, 0.2) is 12.1 Å². The van der Waals surface area contributed by atoms with Crippen molar-refractivity contribution in [1.29, 1.82) is 0 Å². The second kappa shape index (κ2) is 4.89. The third kappa shape index (κ3) is 3.87. The zero-order valence-corrected chi connectivity index (χ0v) is 9.24. The second-order valence-electron chi connectivity index (χ2n) is 3.86. The molecule has 0 aromatic heterocycles. The molecular formula is C11H11F5O. The van der Waals surface area contributed by atoms with E-state index >= 15 is 0 Å². The molecule has 0 saturated carbocycles. The summed E-state index contributed by atoms with van der Waals surface area (Å²) in [4.78, 5) is 0. The molecule has 0 N–H and O–H groups in total. The fraction of sp³-hybridized carbons (Fsp3) is 0.455. The average molecular weight is 254 g/mol. The van der Waals surface area contributed by atoms with E-state index < -0.39 is 36.1 Å². The summed E-state index contributed by atoms with van der Waals surface area (Å²) >= 11 is 0. The van der Waals surface area contributed by atoms with Gasteiger partial charge in [-0.2, -0.15) is 13.2 Å². The van der Waals surface area contributed by atoms with Crippen LogP contribution in [0.4, 0.5) is 22.0 Å². The first-order chi connectivity index (χ1) is 7.70. The van der Waals surface area contributed by atoms with Crippen LogP contribution in [0.5, 0.6) is 5.75 Å². The molecule has 6 heteroatoms. The quantitative estimate of drug-likeness (QED) is 0.740. The number of alkyl halides is 3. The van der Waals surface area contributed by atoms with E-state index in [2.05, 4.69) is 4.74 Å². The van der Waals surface area contributed by atoms with Crippen LogP contribution in [0, 0.1) is 11.6 Å². The van der Waals surface area contributed by atoms with E-state index in [9.17, 15) is 22.0 Å². The first kappa shape index (κ1) is 13.7. The van der Waals surface area contributed by atoms with Crippen molar-refractivity contribution in [3.63, 3.8) is 0 Å². The second-order valence-corrected chi connectivity index (χ2v) is 3.86. The molecule has 0 aliphatic rings. The van der Waals surface area contributed by atoms with Crippen molar-refractivity contribution in [3.8, 4) is 5.75 Å². The van der Waals surface area contributed by atoms with E-state index in [1.165, 1.54) is 0 Å². The molecule has 0 bridgehead atoms. The van der Waals surface area contributed by atoms with Gasteiger partial charge in [0, 0.05) is 17.7 Å². The third-order valence-electron chi connectivity index (χ3n) is 2.03. The molecule has 1 aromatic carbocycles. The summed E-state index contributed by atoms with van der Waals surface area (Å²) in [6.45, 7) is 1.59. The van der Waals surface area contributed by atoms with Crippen LogP contribution in [-0.2, 0) is 0 Å². The third-order valence-corrected chi connectivity index (χ3v) is 2.03. The molecule has 0 aliphatic heterocycles. The fourth-order valence-electron chi connectivity index (χ4n) is 1.36. The molecule has 0 fully saturated rings. The van der Waals surface area contributed by atoms with Crippen LogP contribution in [0.1, 0.15) is 25.3 Å². The van der Waals surface area contributed by atoms with Crippen LogP contribution in [0.2, 0.25) is 0 Å². The minimum absolute atomic E-state index is 0.163. The Hall–Kier alpha value is -1.33. The molecule has 96 valence electrons. The molecule has 1 aromatic rings. The molecular weight excluding hydrogens is 243 g/mol. The maximum absolute atomic E-state index is 13.4. The van der Waals surface area contributed by atoms with Gasteiger partial charge in [0.1, 0.15) is 17.4 Å². The van der Waals surface area contributed by atoms with Crippen molar-refractivity contribution in [2.75, 3.05) is 6.61 Å². The van der Waals surface area contributed by atoms with Crippen LogP contribution in [-0.4, -0.2) is 12.8 Å². The maximum atomic E-state index is 13.4. The van der Waals surface area contributed by atoms with E-state index in [0.717, 1.165) is 12.1 Å². The van der Waals surface area contributed by atoms with Gasteiger partial charge in [-0.15, -0.1) is 0 Å². The normalized spacial score (nSPS) is 12.0. The largest absolute Gasteiger partial charge is 0.484 e. The number of ether oxygens (including phenoxy) is 1. The molecule has 1 rings (SSSR count). The summed E-state index contributed by atoms with van der Waals surface area (Å²) < 4.78 is 66.5. The molecule has 0 amide bonds. The monoisotopic (exact) mass is 254 g/mol. The van der Waals surface area contributed by atoms with Gasteiger partial charge in [0.25, 0.3) is 0 Å². The summed E-state index contributed by atoms with van der Waals surface area (Å²) in [5.41, 5.74) is -0.163. The molecule has 0 atom stereocenters. The number of benzene rings is 1. The lowest BCUT2D eigenvalue weighted by Gasteiger charge is -2.13. The van der Waals surface area contributed by atoms with Gasteiger partial charge < -0.3 is 4.74 Å². The Bertz CT molecular complexity index is 374. The first-order valence-corrected chi connectivity index (χ1v) is 4.89. The minimum atomic E-state index is -4.54. The van der Waals surface area contributed by atoms with Gasteiger partial charge in [-0.05, 0) is 5.92 Å². The van der Waals surface area contributed by atoms with Gasteiger partial charge in [0.15, 0.2) is 6.61 Å². The first-order valence-electron chi connectivity index (χ1n) is 4.89. The average Bonchev–Trinajstić information content (AvgIpc) is 2.11. The lowest BCUT2D eigenvalue weighted by atomic mass is 10.0. The Morgan fingerprint density at radius 1 is 1.12 bits per heavy atom. The number of rotatable bonds is 3. The van der Waals surface area contributed by atoms with Gasteiger partial charge in [0.05, 0.1) is 0 Å². The predicted molar refractivity (Wildman–Crippen MR) is 52.0 cm³/mol. The van der Waals surface area contributed by atoms with Gasteiger partial charge in [-0.25, -0.2) is 8.78 Å². The smallest absolute Gasteiger partial charge is 0.422 e. The van der Waals surface area contributed by atoms with Gasteiger partial charge in [-0.3, -0.25) is 0 Å². The molecule has 1 nitrogen and oxygen atoms in total. The molecule has 0 spiro atoms. The minimum Gasteiger partial charge on any atom is -0.484 e. The van der Waals surface area contributed by atoms with Crippen molar-refractivity contribution in [1.82, 2.24) is 0 Å². The highest BCUT2D eigenvalue weighted by atomic mass is 19.4. The van der Waals surface area contributed by atoms with Crippen LogP contribution in [0.25, 0.3) is 0 Å². The summed E-state index contributed by atoms with van der Waals surface area (Å²) in [5, 5.41) is 0. The molecule has 0 heterocycles. The Morgan fingerprint density at radius 3 is 1.94 bits per heavy atom. The lowest BCUT2D eigenvalue weighted by Crippen LogP contribution is -2.19. The molecule has 17 heavy (non-hydrogen) atoms. The number of hydrogen-bond donors (Lipinski definition) is 0. The highest BCUT2D eigenvalue weighted by Gasteiger charge is 2.28. The zero-order valence-electron chi connectivity index (χ0n) is 9.24. The van der Waals surface area contributed by atoms with Gasteiger partial charge in [0.2, 0.25) is 0 Å². The highest BCUT2D eigenvalue weighted by molar-refractivity contribution is 5.32. The van der Waals surface area contributed by atoms with Crippen molar-refractivity contribution in [2.45, 2.75) is 25.9 Å². The fourth-order valence-corrected chi connectivity index (χ4v) is 1.36. The summed E-state index contributed by atoms with van der Waals surface area (Å²) in [6, 6.07) is 1.51. The predicted octanol–water partition coefficient (Wildman–Crippen LogP) is 4.03. The number of halogens is 5. The summed E-state index contributed by atoms with van der Waals surface area (Å²) in [5.74, 6) is -2.68. The van der Waals surface area contributed by atoms with Crippen molar-refractivity contribution < 1.29 is 26.7 Å². The molecule has 0 unspecified atom stereocenters. The standard InChI is InChI=1S/C11H11F5O/c1-6(2)10-8(12)3-7(4-9(10)13)17-5-11(14,15)16/h3-4,6H,5H2,1-2H3. The maximum Gasteiger partial charge on any atom is 0.422 e. The Labute approximate surface area is 95.2 Å². The van der Waals surface area contributed by atoms with Crippen LogP contribution in [0.3, 0.4) is 0 Å². The van der Waals surface area contributed by atoms with E-state index in [0.29, 0.717) is 0 Å². The van der Waals surface area contributed by atoms with E-state index in [-0.39, 0.29) is 5.56 Å². The van der Waals surface area contributed by atoms with Crippen molar-refractivity contribution in [2.24, 2.45) is 0 Å². The Kier molecular flexibility index (Phi) is 3.95. The van der Waals surface area contributed by atoms with Crippen LogP contribution < -0.4 is 4.74 Å². The Morgan fingerprint density at radius 2 is 1.59 bits per heavy atom. The summed E-state index contributed by atoms with van der Waals surface area (Å²) in [7, 11) is 0. The molecule has 0 saturated heterocycles. The van der Waals surface area contributed by atoms with E-state index in [1.807, 2.05) is 0 Å². The van der Waals surface area contributed by atoms with E-state index in [1.54, 1.807) is 13.8 Å². The zero-order chi connectivity index (χ0) is 13.2. The molecule has 0 radical (unpaired) electrons. The van der Waals surface area contributed by atoms with Crippen LogP contribution >= 0.6 is 0 Å². The van der Waals surface area contributed by atoms with Crippen molar-refractivity contribution >= 4 is 0 Å². The molecule has 0 aliphatic carbocycles. The highest BCUT2D eigenvalue weighted by Crippen LogP contribution is 2.27.